The van der Waals surface area contributed by atoms with E-state index in [4.69, 9.17) is 16.3 Å². The summed E-state index contributed by atoms with van der Waals surface area (Å²) in [6.45, 7) is 0.487. The van der Waals surface area contributed by atoms with Gasteiger partial charge in [-0.3, -0.25) is 14.5 Å². The zero-order chi connectivity index (χ0) is 21.8. The van der Waals surface area contributed by atoms with Gasteiger partial charge in [0.1, 0.15) is 18.2 Å². The van der Waals surface area contributed by atoms with Crippen LogP contribution in [0.5, 0.6) is 5.75 Å². The molecule has 0 radical (unpaired) electrons. The first-order valence-electron chi connectivity index (χ1n) is 9.45. The highest BCUT2D eigenvalue weighted by molar-refractivity contribution is 8.18. The van der Waals surface area contributed by atoms with Gasteiger partial charge in [-0.1, -0.05) is 48.0 Å². The fraction of sp³-hybridized carbons (Fsp3) is 0.0833. The number of benzene rings is 3. The average molecular weight is 454 g/mol. The van der Waals surface area contributed by atoms with Crippen molar-refractivity contribution in [2.45, 2.75) is 13.2 Å². The summed E-state index contributed by atoms with van der Waals surface area (Å²) in [7, 11) is 0. The van der Waals surface area contributed by atoms with Crippen molar-refractivity contribution in [1.29, 1.82) is 0 Å². The zero-order valence-electron chi connectivity index (χ0n) is 16.3. The Morgan fingerprint density at radius 3 is 2.42 bits per heavy atom. The number of imide groups is 1. The van der Waals surface area contributed by atoms with Crippen molar-refractivity contribution in [2.75, 3.05) is 0 Å². The first-order valence-corrected chi connectivity index (χ1v) is 10.6. The third kappa shape index (κ3) is 5.34. The molecule has 0 bridgehead atoms. The van der Waals surface area contributed by atoms with Crippen LogP contribution in [0.15, 0.2) is 77.7 Å². The Bertz CT molecular complexity index is 1150. The van der Waals surface area contributed by atoms with Gasteiger partial charge in [-0.05, 0) is 70.9 Å². The number of amides is 2. The van der Waals surface area contributed by atoms with Crippen LogP contribution in [-0.2, 0) is 17.9 Å². The quantitative estimate of drug-likeness (QED) is 0.411. The van der Waals surface area contributed by atoms with Crippen LogP contribution in [0.4, 0.5) is 9.18 Å². The molecule has 7 heteroatoms. The number of halogens is 2. The molecule has 1 aliphatic heterocycles. The zero-order valence-corrected chi connectivity index (χ0v) is 17.8. The third-order valence-corrected chi connectivity index (χ3v) is 5.76. The molecule has 3 aromatic rings. The lowest BCUT2D eigenvalue weighted by Gasteiger charge is -2.12. The van der Waals surface area contributed by atoms with Crippen molar-refractivity contribution in [3.05, 3.63) is 105 Å². The molecule has 0 spiro atoms. The molecule has 2 amide bonds. The Labute approximate surface area is 188 Å². The predicted octanol–water partition coefficient (Wildman–Crippen LogP) is 6.29. The molecule has 1 saturated heterocycles. The van der Waals surface area contributed by atoms with Crippen LogP contribution < -0.4 is 4.74 Å². The minimum Gasteiger partial charge on any atom is -0.489 e. The maximum absolute atomic E-state index is 13.0. The van der Waals surface area contributed by atoms with Crippen LogP contribution >= 0.6 is 23.4 Å². The minimum absolute atomic E-state index is 0.194. The van der Waals surface area contributed by atoms with Gasteiger partial charge in [0.15, 0.2) is 0 Å². The van der Waals surface area contributed by atoms with Gasteiger partial charge >= 0.3 is 0 Å². The van der Waals surface area contributed by atoms with Gasteiger partial charge in [0.2, 0.25) is 0 Å². The van der Waals surface area contributed by atoms with Crippen LogP contribution in [0.3, 0.4) is 0 Å². The van der Waals surface area contributed by atoms with Gasteiger partial charge in [-0.25, -0.2) is 4.39 Å². The largest absolute Gasteiger partial charge is 0.489 e. The summed E-state index contributed by atoms with van der Waals surface area (Å²) >= 11 is 6.80. The molecule has 0 atom stereocenters. The van der Waals surface area contributed by atoms with Crippen LogP contribution in [-0.4, -0.2) is 16.0 Å². The number of carbonyl (C=O) groups excluding carboxylic acids is 2. The minimum atomic E-state index is -0.331. The van der Waals surface area contributed by atoms with Crippen molar-refractivity contribution in [2.24, 2.45) is 0 Å². The number of ether oxygens (including phenoxy) is 1. The molecule has 1 heterocycles. The molecule has 31 heavy (non-hydrogen) atoms. The maximum atomic E-state index is 13.0. The Kier molecular flexibility index (Phi) is 6.39. The number of hydrogen-bond acceptors (Lipinski definition) is 4. The van der Waals surface area contributed by atoms with Gasteiger partial charge < -0.3 is 4.74 Å². The second-order valence-electron chi connectivity index (χ2n) is 6.88. The summed E-state index contributed by atoms with van der Waals surface area (Å²) in [5.74, 6) is -0.0168. The fourth-order valence-electron chi connectivity index (χ4n) is 3.00. The van der Waals surface area contributed by atoms with E-state index in [2.05, 4.69) is 0 Å². The lowest BCUT2D eigenvalue weighted by Crippen LogP contribution is -2.27. The molecule has 0 saturated carbocycles. The first kappa shape index (κ1) is 21.2. The summed E-state index contributed by atoms with van der Waals surface area (Å²) in [5.41, 5.74) is 2.41. The topological polar surface area (TPSA) is 46.6 Å². The van der Waals surface area contributed by atoms with Gasteiger partial charge in [-0.2, -0.15) is 0 Å². The number of carbonyl (C=O) groups is 2. The lowest BCUT2D eigenvalue weighted by molar-refractivity contribution is -0.123. The summed E-state index contributed by atoms with van der Waals surface area (Å²) in [5, 5.41) is 0.286. The Balaban J connectivity index is 1.44. The highest BCUT2D eigenvalue weighted by Crippen LogP contribution is 2.33. The van der Waals surface area contributed by atoms with Crippen molar-refractivity contribution in [3.8, 4) is 5.75 Å². The number of rotatable bonds is 6. The molecule has 0 aromatic heterocycles. The van der Waals surface area contributed by atoms with E-state index in [0.29, 0.717) is 22.3 Å². The molecular formula is C24H17ClFNO3S. The number of thioether (sulfide) groups is 1. The summed E-state index contributed by atoms with van der Waals surface area (Å²) < 4.78 is 18.8. The van der Waals surface area contributed by atoms with E-state index in [1.165, 1.54) is 17.0 Å². The van der Waals surface area contributed by atoms with E-state index in [9.17, 15) is 14.0 Å². The standard InChI is InChI=1S/C24H17ClFNO3S/c25-19-8-4-16(5-9-19)14-27-23(28)22(31-24(27)29)13-18-2-1-3-21(12-18)30-15-17-6-10-20(26)11-7-17/h1-13H,14-15H2/b22-13+. The smallest absolute Gasteiger partial charge is 0.293 e. The molecule has 1 fully saturated rings. The molecule has 0 unspecified atom stereocenters. The van der Waals surface area contributed by atoms with E-state index < -0.39 is 0 Å². The SMILES string of the molecule is O=C1S/C(=C/c2cccc(OCc3ccc(F)cc3)c2)C(=O)N1Cc1ccc(Cl)cc1. The van der Waals surface area contributed by atoms with E-state index in [1.54, 1.807) is 54.6 Å². The van der Waals surface area contributed by atoms with E-state index in [1.807, 2.05) is 12.1 Å². The van der Waals surface area contributed by atoms with Crippen molar-refractivity contribution >= 4 is 40.6 Å². The molecule has 0 aliphatic carbocycles. The van der Waals surface area contributed by atoms with Crippen LogP contribution in [0.25, 0.3) is 6.08 Å². The normalized spacial score (nSPS) is 15.0. The molecular weight excluding hydrogens is 437 g/mol. The second-order valence-corrected chi connectivity index (χ2v) is 8.31. The van der Waals surface area contributed by atoms with Crippen molar-refractivity contribution in [3.63, 3.8) is 0 Å². The first-order chi connectivity index (χ1) is 15.0. The summed E-state index contributed by atoms with van der Waals surface area (Å²) in [6, 6.07) is 20.3. The molecule has 4 nitrogen and oxygen atoms in total. The van der Waals surface area contributed by atoms with Gasteiger partial charge in [0.25, 0.3) is 11.1 Å². The fourth-order valence-corrected chi connectivity index (χ4v) is 3.97. The molecule has 4 rings (SSSR count). The van der Waals surface area contributed by atoms with E-state index in [0.717, 1.165) is 28.5 Å². The van der Waals surface area contributed by atoms with E-state index >= 15 is 0 Å². The number of hydrogen-bond donors (Lipinski definition) is 0. The average Bonchev–Trinajstić information content (AvgIpc) is 3.02. The van der Waals surface area contributed by atoms with Crippen LogP contribution in [0.2, 0.25) is 5.02 Å². The maximum Gasteiger partial charge on any atom is 0.293 e. The highest BCUT2D eigenvalue weighted by atomic mass is 35.5. The van der Waals surface area contributed by atoms with Gasteiger partial charge in [0, 0.05) is 5.02 Å². The predicted molar refractivity (Wildman–Crippen MR) is 120 cm³/mol. The summed E-state index contributed by atoms with van der Waals surface area (Å²) in [6.07, 6.45) is 1.68. The van der Waals surface area contributed by atoms with Gasteiger partial charge in [-0.15, -0.1) is 0 Å². The van der Waals surface area contributed by atoms with E-state index in [-0.39, 0.29) is 23.5 Å². The number of nitrogens with zero attached hydrogens (tertiary/aromatic N) is 1. The van der Waals surface area contributed by atoms with Crippen molar-refractivity contribution < 1.29 is 18.7 Å². The van der Waals surface area contributed by atoms with Gasteiger partial charge in [0.05, 0.1) is 11.4 Å². The summed E-state index contributed by atoms with van der Waals surface area (Å²) in [4.78, 5) is 26.7. The third-order valence-electron chi connectivity index (χ3n) is 4.60. The Morgan fingerprint density at radius 2 is 1.68 bits per heavy atom. The Morgan fingerprint density at radius 1 is 0.968 bits per heavy atom. The molecule has 1 aliphatic rings. The lowest BCUT2D eigenvalue weighted by atomic mass is 10.2. The van der Waals surface area contributed by atoms with Crippen LogP contribution in [0, 0.1) is 5.82 Å². The molecule has 3 aromatic carbocycles. The molecule has 0 N–H and O–H groups in total. The second kappa shape index (κ2) is 9.37. The Hall–Kier alpha value is -3.09. The highest BCUT2D eigenvalue weighted by Gasteiger charge is 2.34. The molecule has 156 valence electrons. The van der Waals surface area contributed by atoms with Crippen LogP contribution in [0.1, 0.15) is 16.7 Å². The monoisotopic (exact) mass is 453 g/mol. The van der Waals surface area contributed by atoms with Crippen molar-refractivity contribution in [1.82, 2.24) is 4.90 Å².